The van der Waals surface area contributed by atoms with E-state index in [1.807, 2.05) is 0 Å². The topological polar surface area (TPSA) is 116 Å². The Morgan fingerprint density at radius 2 is 1.47 bits per heavy atom. The van der Waals surface area contributed by atoms with Crippen LogP contribution in [0.2, 0.25) is 0 Å². The zero-order chi connectivity index (χ0) is 21.5. The average Bonchev–Trinajstić information content (AvgIpc) is 2.60. The van der Waals surface area contributed by atoms with Crippen molar-refractivity contribution in [2.45, 2.75) is 57.0 Å². The van der Waals surface area contributed by atoms with Gasteiger partial charge in [-0.25, -0.2) is 13.2 Å². The Bertz CT molecular complexity index is 894. The predicted molar refractivity (Wildman–Crippen MR) is 116 cm³/mol. The second-order valence-electron chi connectivity index (χ2n) is 9.46. The number of amides is 3. The molecule has 4 aliphatic rings. The Labute approximate surface area is 177 Å². The van der Waals surface area contributed by atoms with Gasteiger partial charge in [-0.3, -0.25) is 14.8 Å². The van der Waals surface area contributed by atoms with Crippen molar-refractivity contribution in [2.75, 3.05) is 16.3 Å². The quantitative estimate of drug-likeness (QED) is 0.549. The first kappa shape index (κ1) is 21.0. The van der Waals surface area contributed by atoms with E-state index in [1.165, 1.54) is 19.3 Å². The van der Waals surface area contributed by atoms with Gasteiger partial charge in [-0.15, -0.1) is 0 Å². The third-order valence-electron chi connectivity index (χ3n) is 6.62. The third kappa shape index (κ3) is 4.88. The number of imide groups is 1. The standard InChI is InChI=1S/C21H30N4O4S/c1-13(22-17-3-5-18(6-4-17)25-30(2,28)29)19(26)23-20(27)24-21-10-14-7-15(11-21)9-16(8-14)12-21/h3-6,13-16,22,25H,7-12H2,1-2H3,(H2,23,24,26,27)/t13-,14?,15?,16?,21?/m1/s1. The van der Waals surface area contributed by atoms with Crippen LogP contribution in [0.1, 0.15) is 45.4 Å². The molecule has 0 unspecified atom stereocenters. The van der Waals surface area contributed by atoms with Gasteiger partial charge in [0, 0.05) is 16.9 Å². The van der Waals surface area contributed by atoms with Crippen LogP contribution in [0.5, 0.6) is 0 Å². The molecule has 9 heteroatoms. The summed E-state index contributed by atoms with van der Waals surface area (Å²) in [5.41, 5.74) is 0.950. The lowest BCUT2D eigenvalue weighted by Crippen LogP contribution is -2.62. The third-order valence-corrected chi connectivity index (χ3v) is 7.22. The molecule has 1 aromatic carbocycles. The molecule has 0 saturated heterocycles. The Balaban J connectivity index is 1.29. The van der Waals surface area contributed by atoms with Gasteiger partial charge in [0.05, 0.1) is 6.26 Å². The van der Waals surface area contributed by atoms with Crippen LogP contribution in [-0.2, 0) is 14.8 Å². The van der Waals surface area contributed by atoms with Gasteiger partial charge in [-0.1, -0.05) is 0 Å². The summed E-state index contributed by atoms with van der Waals surface area (Å²) < 4.78 is 24.9. The molecule has 4 saturated carbocycles. The van der Waals surface area contributed by atoms with Gasteiger partial charge in [-0.05, 0) is 87.5 Å². The number of carbonyl (C=O) groups excluding carboxylic acids is 2. The molecule has 4 aliphatic carbocycles. The molecule has 1 atom stereocenters. The van der Waals surface area contributed by atoms with E-state index in [9.17, 15) is 18.0 Å². The molecule has 0 heterocycles. The fourth-order valence-electron chi connectivity index (χ4n) is 5.92. The monoisotopic (exact) mass is 434 g/mol. The van der Waals surface area contributed by atoms with Crippen molar-refractivity contribution in [1.29, 1.82) is 0 Å². The zero-order valence-corrected chi connectivity index (χ0v) is 18.2. The minimum Gasteiger partial charge on any atom is -0.374 e. The number of urea groups is 1. The molecule has 5 rings (SSSR count). The smallest absolute Gasteiger partial charge is 0.321 e. The van der Waals surface area contributed by atoms with Crippen molar-refractivity contribution in [3.8, 4) is 0 Å². The molecule has 1 aromatic rings. The molecule has 30 heavy (non-hydrogen) atoms. The molecule has 4 bridgehead atoms. The second-order valence-corrected chi connectivity index (χ2v) is 11.2. The number of anilines is 2. The summed E-state index contributed by atoms with van der Waals surface area (Å²) in [5, 5.41) is 8.64. The summed E-state index contributed by atoms with van der Waals surface area (Å²) in [7, 11) is -3.34. The summed E-state index contributed by atoms with van der Waals surface area (Å²) in [6.07, 6.45) is 8.05. The van der Waals surface area contributed by atoms with Crippen LogP contribution in [-0.4, -0.2) is 38.2 Å². The minimum atomic E-state index is -3.34. The number of hydrogen-bond acceptors (Lipinski definition) is 5. The van der Waals surface area contributed by atoms with Gasteiger partial charge in [-0.2, -0.15) is 0 Å². The predicted octanol–water partition coefficient (Wildman–Crippen LogP) is 2.65. The molecule has 4 fully saturated rings. The van der Waals surface area contributed by atoms with Gasteiger partial charge >= 0.3 is 6.03 Å². The van der Waals surface area contributed by atoms with Crippen molar-refractivity contribution >= 4 is 33.3 Å². The molecular formula is C21H30N4O4S. The maximum absolute atomic E-state index is 12.5. The molecule has 3 amide bonds. The highest BCUT2D eigenvalue weighted by atomic mass is 32.2. The zero-order valence-electron chi connectivity index (χ0n) is 17.4. The van der Waals surface area contributed by atoms with Crippen LogP contribution in [0.4, 0.5) is 16.2 Å². The largest absolute Gasteiger partial charge is 0.374 e. The van der Waals surface area contributed by atoms with E-state index in [2.05, 4.69) is 20.7 Å². The van der Waals surface area contributed by atoms with Crippen LogP contribution in [0.15, 0.2) is 24.3 Å². The molecule has 0 aliphatic heterocycles. The van der Waals surface area contributed by atoms with Crippen LogP contribution < -0.4 is 20.7 Å². The van der Waals surface area contributed by atoms with Crippen molar-refractivity contribution < 1.29 is 18.0 Å². The molecule has 0 spiro atoms. The van der Waals surface area contributed by atoms with E-state index in [-0.39, 0.29) is 5.54 Å². The minimum absolute atomic E-state index is 0.141. The molecule has 0 radical (unpaired) electrons. The molecule has 164 valence electrons. The van der Waals surface area contributed by atoms with Gasteiger partial charge in [0.2, 0.25) is 15.9 Å². The van der Waals surface area contributed by atoms with E-state index in [0.29, 0.717) is 29.1 Å². The maximum atomic E-state index is 12.5. The summed E-state index contributed by atoms with van der Waals surface area (Å²) >= 11 is 0. The lowest BCUT2D eigenvalue weighted by molar-refractivity contribution is -0.120. The van der Waals surface area contributed by atoms with Crippen molar-refractivity contribution in [2.24, 2.45) is 17.8 Å². The maximum Gasteiger partial charge on any atom is 0.321 e. The Morgan fingerprint density at radius 1 is 0.967 bits per heavy atom. The highest BCUT2D eigenvalue weighted by molar-refractivity contribution is 7.92. The average molecular weight is 435 g/mol. The Hall–Kier alpha value is -2.29. The summed E-state index contributed by atoms with van der Waals surface area (Å²) in [6, 6.07) is 5.52. The number of sulfonamides is 1. The van der Waals surface area contributed by atoms with Crippen LogP contribution in [0.25, 0.3) is 0 Å². The highest BCUT2D eigenvalue weighted by Crippen LogP contribution is 2.55. The Morgan fingerprint density at radius 3 is 1.97 bits per heavy atom. The molecule has 4 N–H and O–H groups in total. The molecule has 0 aromatic heterocycles. The van der Waals surface area contributed by atoms with Gasteiger partial charge in [0.25, 0.3) is 0 Å². The van der Waals surface area contributed by atoms with E-state index in [4.69, 9.17) is 0 Å². The van der Waals surface area contributed by atoms with Crippen LogP contribution in [0.3, 0.4) is 0 Å². The number of carbonyl (C=O) groups is 2. The fourth-order valence-corrected chi connectivity index (χ4v) is 6.48. The first-order valence-electron chi connectivity index (χ1n) is 10.6. The first-order valence-corrected chi connectivity index (χ1v) is 12.5. The number of benzene rings is 1. The van der Waals surface area contributed by atoms with E-state index in [0.717, 1.165) is 25.5 Å². The number of nitrogens with one attached hydrogen (secondary N) is 4. The second kappa shape index (κ2) is 7.76. The number of rotatable bonds is 6. The van der Waals surface area contributed by atoms with Crippen LogP contribution >= 0.6 is 0 Å². The van der Waals surface area contributed by atoms with Crippen molar-refractivity contribution in [1.82, 2.24) is 10.6 Å². The first-order chi connectivity index (χ1) is 14.1. The van der Waals surface area contributed by atoms with Gasteiger partial charge < -0.3 is 10.6 Å². The summed E-state index contributed by atoms with van der Waals surface area (Å²) in [6.45, 7) is 1.68. The van der Waals surface area contributed by atoms with Crippen molar-refractivity contribution in [3.63, 3.8) is 0 Å². The normalized spacial score (nSPS) is 30.4. The SMILES string of the molecule is C[C@@H](Nc1ccc(NS(C)(=O)=O)cc1)C(=O)NC(=O)NC12CC3CC(CC(C3)C1)C2. The molecular weight excluding hydrogens is 404 g/mol. The fraction of sp³-hybridized carbons (Fsp3) is 0.619. The lowest BCUT2D eigenvalue weighted by atomic mass is 9.53. The van der Waals surface area contributed by atoms with Crippen molar-refractivity contribution in [3.05, 3.63) is 24.3 Å². The number of hydrogen-bond donors (Lipinski definition) is 4. The lowest BCUT2D eigenvalue weighted by Gasteiger charge is -2.56. The van der Waals surface area contributed by atoms with E-state index >= 15 is 0 Å². The van der Waals surface area contributed by atoms with E-state index < -0.39 is 28.0 Å². The van der Waals surface area contributed by atoms with Gasteiger partial charge in [0.1, 0.15) is 6.04 Å². The summed E-state index contributed by atoms with van der Waals surface area (Å²) in [5.74, 6) is 1.74. The summed E-state index contributed by atoms with van der Waals surface area (Å²) in [4.78, 5) is 25.0. The van der Waals surface area contributed by atoms with E-state index in [1.54, 1.807) is 31.2 Å². The molecule has 8 nitrogen and oxygen atoms in total. The highest BCUT2D eigenvalue weighted by Gasteiger charge is 2.51. The Kier molecular flexibility index (Phi) is 5.42. The van der Waals surface area contributed by atoms with Gasteiger partial charge in [0.15, 0.2) is 0 Å². The van der Waals surface area contributed by atoms with Crippen LogP contribution in [0, 0.1) is 17.8 Å².